The van der Waals surface area contributed by atoms with Crippen LogP contribution < -0.4 is 0 Å². The molecule has 11 heteroatoms. The summed E-state index contributed by atoms with van der Waals surface area (Å²) in [6.07, 6.45) is -2.67. The van der Waals surface area contributed by atoms with E-state index in [4.69, 9.17) is 0 Å². The lowest BCUT2D eigenvalue weighted by Gasteiger charge is -2.31. The van der Waals surface area contributed by atoms with Gasteiger partial charge in [-0.25, -0.2) is 22.3 Å². The minimum atomic E-state index is -4.92. The first-order chi connectivity index (χ1) is 12.7. The molecule has 2 aromatic heterocycles. The molecule has 0 aliphatic carbocycles. The number of sulfonamides is 1. The van der Waals surface area contributed by atoms with E-state index in [2.05, 4.69) is 10.1 Å². The highest BCUT2D eigenvalue weighted by Crippen LogP contribution is 2.40. The first-order valence-corrected chi connectivity index (χ1v) is 9.23. The number of alkyl halides is 3. The van der Waals surface area contributed by atoms with Gasteiger partial charge in [-0.1, -0.05) is 19.1 Å². The molecule has 0 fully saturated rings. The van der Waals surface area contributed by atoms with Crippen LogP contribution >= 0.6 is 0 Å². The van der Waals surface area contributed by atoms with Crippen molar-refractivity contribution in [3.05, 3.63) is 60.2 Å². The summed E-state index contributed by atoms with van der Waals surface area (Å²) in [5.41, 5.74) is -0.214. The van der Waals surface area contributed by atoms with E-state index in [0.717, 1.165) is 35.0 Å². The molecule has 1 aromatic carbocycles. The van der Waals surface area contributed by atoms with Crippen molar-refractivity contribution in [1.29, 1.82) is 0 Å². The van der Waals surface area contributed by atoms with E-state index < -0.39 is 45.2 Å². The summed E-state index contributed by atoms with van der Waals surface area (Å²) >= 11 is 0. The Bertz CT molecular complexity index is 1050. The van der Waals surface area contributed by atoms with E-state index >= 15 is 0 Å². The number of nitrogens with zero attached hydrogens (tertiary/aromatic N) is 4. The molecule has 3 rings (SSSR count). The molecule has 0 saturated heterocycles. The summed E-state index contributed by atoms with van der Waals surface area (Å²) in [6, 6.07) is 4.05. The lowest BCUT2D eigenvalue weighted by atomic mass is 10.1. The molecule has 2 heterocycles. The third kappa shape index (κ3) is 3.52. The summed E-state index contributed by atoms with van der Waals surface area (Å²) in [4.78, 5) is 3.87. The van der Waals surface area contributed by atoms with Gasteiger partial charge in [-0.15, -0.1) is 0 Å². The van der Waals surface area contributed by atoms with Crippen LogP contribution in [0, 0.1) is 5.82 Å². The average molecular weight is 402 g/mol. The molecule has 0 aliphatic heterocycles. The van der Waals surface area contributed by atoms with Crippen LogP contribution in [0.3, 0.4) is 0 Å². The highest BCUT2D eigenvalue weighted by atomic mass is 32.2. The molecular weight excluding hydrogens is 388 g/mol. The number of hydrogen-bond donors (Lipinski definition) is 0. The Balaban J connectivity index is 2.16. The molecule has 0 bridgehead atoms. The van der Waals surface area contributed by atoms with Gasteiger partial charge in [0.1, 0.15) is 11.9 Å². The zero-order chi connectivity index (χ0) is 19.8. The second-order valence-corrected chi connectivity index (χ2v) is 7.43. The molecule has 1 atom stereocenters. The topological polar surface area (TPSA) is 67.6 Å². The first-order valence-electron chi connectivity index (χ1n) is 7.79. The Morgan fingerprint density at radius 2 is 1.85 bits per heavy atom. The van der Waals surface area contributed by atoms with E-state index in [-0.39, 0.29) is 5.65 Å². The first kappa shape index (κ1) is 19.2. The zero-order valence-corrected chi connectivity index (χ0v) is 14.7. The maximum absolute atomic E-state index is 13.8. The Kier molecular flexibility index (Phi) is 4.91. The number of benzene rings is 1. The van der Waals surface area contributed by atoms with Crippen molar-refractivity contribution in [2.45, 2.75) is 24.2 Å². The maximum Gasteiger partial charge on any atom is 0.409 e. The minimum Gasteiger partial charge on any atom is -0.234 e. The Morgan fingerprint density at radius 3 is 2.44 bits per heavy atom. The minimum absolute atomic E-state index is 0.178. The molecule has 6 nitrogen and oxygen atoms in total. The Hall–Kier alpha value is -2.53. The third-order valence-corrected chi connectivity index (χ3v) is 5.81. The van der Waals surface area contributed by atoms with E-state index in [1.807, 2.05) is 0 Å². The van der Waals surface area contributed by atoms with Crippen LogP contribution in [0.25, 0.3) is 5.65 Å². The average Bonchev–Trinajstić information content (AvgIpc) is 3.04. The zero-order valence-electron chi connectivity index (χ0n) is 13.9. The summed E-state index contributed by atoms with van der Waals surface area (Å²) in [5.74, 6) is -0.725. The molecule has 0 saturated carbocycles. The van der Waals surface area contributed by atoms with Crippen molar-refractivity contribution in [2.24, 2.45) is 0 Å². The quantitative estimate of drug-likeness (QED) is 0.615. The van der Waals surface area contributed by atoms with Crippen molar-refractivity contribution < 1.29 is 26.0 Å². The normalized spacial score (nSPS) is 14.0. The molecular formula is C16H14F4N4O2S. The fraction of sp³-hybridized carbons (Fsp3) is 0.250. The molecule has 3 aromatic rings. The van der Waals surface area contributed by atoms with Crippen molar-refractivity contribution >= 4 is 15.7 Å². The predicted molar refractivity (Wildman–Crippen MR) is 87.7 cm³/mol. The predicted octanol–water partition coefficient (Wildman–Crippen LogP) is 3.18. The molecule has 0 radical (unpaired) electrons. The lowest BCUT2D eigenvalue weighted by molar-refractivity contribution is -0.173. The number of imidazole rings is 1. The van der Waals surface area contributed by atoms with Crippen LogP contribution in [0.4, 0.5) is 17.6 Å². The number of halogens is 4. The molecule has 0 amide bonds. The van der Waals surface area contributed by atoms with Gasteiger partial charge in [0.25, 0.3) is 10.0 Å². The Labute approximate surface area is 152 Å². The van der Waals surface area contributed by atoms with Crippen molar-refractivity contribution in [3.8, 4) is 0 Å². The molecule has 0 N–H and O–H groups in total. The summed E-state index contributed by atoms with van der Waals surface area (Å²) in [5, 5.41) is 3.36. The largest absolute Gasteiger partial charge is 0.409 e. The SMILES string of the molecule is CCN(C(c1ccc(F)cc1)C(F)(F)F)S(=O)(=O)c1cnc2cccnn12. The number of rotatable bonds is 5. The smallest absolute Gasteiger partial charge is 0.234 e. The molecule has 0 aliphatic rings. The maximum atomic E-state index is 13.8. The fourth-order valence-electron chi connectivity index (χ4n) is 2.76. The second kappa shape index (κ2) is 6.89. The van der Waals surface area contributed by atoms with Gasteiger partial charge in [0.05, 0.1) is 6.20 Å². The molecule has 0 spiro atoms. The van der Waals surface area contributed by atoms with Gasteiger partial charge in [0, 0.05) is 12.7 Å². The highest BCUT2D eigenvalue weighted by Gasteiger charge is 2.49. The number of fused-ring (bicyclic) bond motifs is 1. The molecule has 144 valence electrons. The van der Waals surface area contributed by atoms with Crippen LogP contribution in [-0.2, 0) is 10.0 Å². The fourth-order valence-corrected chi connectivity index (χ4v) is 4.40. The van der Waals surface area contributed by atoms with Crippen LogP contribution in [0.2, 0.25) is 0 Å². The summed E-state index contributed by atoms with van der Waals surface area (Å²) in [6.45, 7) is 0.820. The van der Waals surface area contributed by atoms with Gasteiger partial charge < -0.3 is 0 Å². The van der Waals surface area contributed by atoms with Gasteiger partial charge in [0.2, 0.25) is 0 Å². The van der Waals surface area contributed by atoms with Crippen molar-refractivity contribution in [1.82, 2.24) is 18.9 Å². The summed E-state index contributed by atoms with van der Waals surface area (Å²) < 4.78 is 81.8. The third-order valence-electron chi connectivity index (χ3n) is 3.91. The molecule has 1 unspecified atom stereocenters. The Morgan fingerprint density at radius 1 is 1.19 bits per heavy atom. The van der Waals surface area contributed by atoms with Gasteiger partial charge in [0.15, 0.2) is 10.7 Å². The monoisotopic (exact) mass is 402 g/mol. The highest BCUT2D eigenvalue weighted by molar-refractivity contribution is 7.89. The standard InChI is InChI=1S/C16H14F4N4O2S/c1-2-23(15(16(18,19)20)11-5-7-12(17)8-6-11)27(25,26)14-10-21-13-4-3-9-22-24(13)14/h3-10,15H,2H2,1H3. The van der Waals surface area contributed by atoms with E-state index in [9.17, 15) is 26.0 Å². The van der Waals surface area contributed by atoms with Crippen molar-refractivity contribution in [2.75, 3.05) is 6.54 Å². The van der Waals surface area contributed by atoms with Gasteiger partial charge >= 0.3 is 6.18 Å². The second-order valence-electron chi connectivity index (χ2n) is 5.59. The van der Waals surface area contributed by atoms with E-state index in [1.54, 1.807) is 0 Å². The van der Waals surface area contributed by atoms with E-state index in [0.29, 0.717) is 4.31 Å². The lowest BCUT2D eigenvalue weighted by Crippen LogP contribution is -2.42. The summed E-state index contributed by atoms with van der Waals surface area (Å²) in [7, 11) is -4.62. The number of aromatic nitrogens is 3. The van der Waals surface area contributed by atoms with Crippen LogP contribution in [-0.4, -0.2) is 40.0 Å². The van der Waals surface area contributed by atoms with Gasteiger partial charge in [-0.2, -0.15) is 22.6 Å². The van der Waals surface area contributed by atoms with Crippen LogP contribution in [0.15, 0.2) is 53.8 Å². The van der Waals surface area contributed by atoms with Gasteiger partial charge in [-0.3, -0.25) is 0 Å². The van der Waals surface area contributed by atoms with E-state index in [1.165, 1.54) is 25.3 Å². The van der Waals surface area contributed by atoms with Crippen LogP contribution in [0.1, 0.15) is 18.5 Å². The van der Waals surface area contributed by atoms with Gasteiger partial charge in [-0.05, 0) is 29.8 Å². The van der Waals surface area contributed by atoms with Crippen LogP contribution in [0.5, 0.6) is 0 Å². The van der Waals surface area contributed by atoms with Crippen molar-refractivity contribution in [3.63, 3.8) is 0 Å². The number of hydrogen-bond acceptors (Lipinski definition) is 4. The molecule has 27 heavy (non-hydrogen) atoms.